The molecule has 0 amide bonds. The first kappa shape index (κ1) is 15.6. The Hall–Kier alpha value is -1.93. The smallest absolute Gasteiger partial charge is 0.246 e. The van der Waals surface area contributed by atoms with Gasteiger partial charge in [0.15, 0.2) is 0 Å². The Labute approximate surface area is 141 Å². The second-order valence-electron chi connectivity index (χ2n) is 6.46. The Balaban J connectivity index is 1.53. The standard InChI is InChI=1S/C16H20N4O3S/c1-19-11-16(10-18-19)24(21,22)20-12-2-3-13(20)9-15(8-12)23-14-4-6-17-7-5-14/h4-7,10-13,15H,2-3,8-9H2,1H3. The maximum atomic E-state index is 12.9. The first-order chi connectivity index (χ1) is 11.5. The van der Waals surface area contributed by atoms with Crippen molar-refractivity contribution in [2.24, 2.45) is 7.05 Å². The molecule has 4 rings (SSSR count). The molecule has 4 heterocycles. The molecule has 2 aromatic heterocycles. The molecule has 0 spiro atoms. The van der Waals surface area contributed by atoms with Crippen molar-refractivity contribution >= 4 is 10.0 Å². The van der Waals surface area contributed by atoms with Crippen LogP contribution in [0.3, 0.4) is 0 Å². The van der Waals surface area contributed by atoms with E-state index in [1.165, 1.54) is 10.9 Å². The number of sulfonamides is 1. The monoisotopic (exact) mass is 348 g/mol. The third-order valence-electron chi connectivity index (χ3n) is 4.83. The minimum Gasteiger partial charge on any atom is -0.490 e. The minimum absolute atomic E-state index is 0.000735. The summed E-state index contributed by atoms with van der Waals surface area (Å²) < 4.78 is 35.1. The summed E-state index contributed by atoms with van der Waals surface area (Å²) in [6.07, 6.45) is 9.66. The number of rotatable bonds is 4. The van der Waals surface area contributed by atoms with Gasteiger partial charge in [0.2, 0.25) is 10.0 Å². The van der Waals surface area contributed by atoms with Crippen LogP contribution in [0.2, 0.25) is 0 Å². The molecule has 2 unspecified atom stereocenters. The summed E-state index contributed by atoms with van der Waals surface area (Å²) in [5.41, 5.74) is 0. The zero-order chi connectivity index (χ0) is 16.7. The number of ether oxygens (including phenoxy) is 1. The van der Waals surface area contributed by atoms with Crippen LogP contribution in [-0.4, -0.2) is 45.7 Å². The van der Waals surface area contributed by atoms with Gasteiger partial charge < -0.3 is 4.74 Å². The highest BCUT2D eigenvalue weighted by Crippen LogP contribution is 2.40. The molecule has 2 aliphatic rings. The summed E-state index contributed by atoms with van der Waals surface area (Å²) >= 11 is 0. The summed E-state index contributed by atoms with van der Waals surface area (Å²) in [4.78, 5) is 4.26. The van der Waals surface area contributed by atoms with Gasteiger partial charge >= 0.3 is 0 Å². The summed E-state index contributed by atoms with van der Waals surface area (Å²) in [6.45, 7) is 0. The number of hydrogen-bond acceptors (Lipinski definition) is 5. The van der Waals surface area contributed by atoms with Crippen LogP contribution in [0.25, 0.3) is 0 Å². The molecule has 2 saturated heterocycles. The van der Waals surface area contributed by atoms with E-state index in [4.69, 9.17) is 4.74 Å². The van der Waals surface area contributed by atoms with E-state index in [-0.39, 0.29) is 23.1 Å². The molecule has 0 aromatic carbocycles. The lowest BCUT2D eigenvalue weighted by Crippen LogP contribution is -2.49. The van der Waals surface area contributed by atoms with E-state index in [1.54, 1.807) is 29.9 Å². The number of hydrogen-bond donors (Lipinski definition) is 0. The Morgan fingerprint density at radius 2 is 1.83 bits per heavy atom. The van der Waals surface area contributed by atoms with Gasteiger partial charge in [-0.15, -0.1) is 0 Å². The number of aryl methyl sites for hydroxylation is 1. The molecule has 2 aliphatic heterocycles. The highest BCUT2D eigenvalue weighted by atomic mass is 32.2. The van der Waals surface area contributed by atoms with Crippen molar-refractivity contribution in [2.45, 2.75) is 48.8 Å². The number of fused-ring (bicyclic) bond motifs is 2. The zero-order valence-electron chi connectivity index (χ0n) is 13.4. The average Bonchev–Trinajstić information content (AvgIpc) is 3.11. The van der Waals surface area contributed by atoms with E-state index >= 15 is 0 Å². The van der Waals surface area contributed by atoms with Crippen LogP contribution in [0.15, 0.2) is 41.8 Å². The molecule has 2 atom stereocenters. The van der Waals surface area contributed by atoms with Crippen molar-refractivity contribution in [1.82, 2.24) is 19.1 Å². The predicted molar refractivity (Wildman–Crippen MR) is 86.9 cm³/mol. The van der Waals surface area contributed by atoms with Gasteiger partial charge in [-0.3, -0.25) is 9.67 Å². The van der Waals surface area contributed by atoms with Crippen LogP contribution in [0.5, 0.6) is 5.75 Å². The van der Waals surface area contributed by atoms with E-state index in [2.05, 4.69) is 10.1 Å². The van der Waals surface area contributed by atoms with Gasteiger partial charge in [-0.2, -0.15) is 9.40 Å². The molecule has 0 N–H and O–H groups in total. The Kier molecular flexibility index (Phi) is 3.80. The third-order valence-corrected chi connectivity index (χ3v) is 6.79. The van der Waals surface area contributed by atoms with Crippen LogP contribution >= 0.6 is 0 Å². The predicted octanol–water partition coefficient (Wildman–Crippen LogP) is 1.58. The van der Waals surface area contributed by atoms with Crippen LogP contribution in [0.4, 0.5) is 0 Å². The fraction of sp³-hybridized carbons (Fsp3) is 0.500. The second-order valence-corrected chi connectivity index (χ2v) is 8.31. The molecule has 2 fully saturated rings. The fourth-order valence-corrected chi connectivity index (χ4v) is 5.71. The van der Waals surface area contributed by atoms with E-state index < -0.39 is 10.0 Å². The Bertz CT molecular complexity index is 807. The van der Waals surface area contributed by atoms with Crippen molar-refractivity contribution in [3.8, 4) is 5.75 Å². The van der Waals surface area contributed by atoms with Crippen molar-refractivity contribution in [3.63, 3.8) is 0 Å². The SMILES string of the molecule is Cn1cc(S(=O)(=O)N2C3CCC2CC(Oc2ccncc2)C3)cn1. The zero-order valence-corrected chi connectivity index (χ0v) is 14.3. The van der Waals surface area contributed by atoms with E-state index in [0.29, 0.717) is 0 Å². The van der Waals surface area contributed by atoms with Crippen LogP contribution < -0.4 is 4.74 Å². The average molecular weight is 348 g/mol. The highest BCUT2D eigenvalue weighted by molar-refractivity contribution is 7.89. The van der Waals surface area contributed by atoms with Gasteiger partial charge in [-0.25, -0.2) is 8.42 Å². The Morgan fingerprint density at radius 3 is 2.42 bits per heavy atom. The minimum atomic E-state index is -3.49. The maximum Gasteiger partial charge on any atom is 0.246 e. The molecule has 128 valence electrons. The summed E-state index contributed by atoms with van der Waals surface area (Å²) in [7, 11) is -1.76. The summed E-state index contributed by atoms with van der Waals surface area (Å²) in [6, 6.07) is 3.67. The molecule has 24 heavy (non-hydrogen) atoms. The lowest BCUT2D eigenvalue weighted by molar-refractivity contribution is 0.0956. The highest BCUT2D eigenvalue weighted by Gasteiger charge is 2.48. The van der Waals surface area contributed by atoms with Crippen molar-refractivity contribution in [1.29, 1.82) is 0 Å². The summed E-state index contributed by atoms with van der Waals surface area (Å²) in [5.74, 6) is 0.790. The van der Waals surface area contributed by atoms with Gasteiger partial charge in [0.05, 0.1) is 6.20 Å². The van der Waals surface area contributed by atoms with Crippen molar-refractivity contribution in [3.05, 3.63) is 36.9 Å². The molecule has 2 bridgehead atoms. The van der Waals surface area contributed by atoms with Gasteiger partial charge in [0, 0.05) is 50.6 Å². The van der Waals surface area contributed by atoms with Gasteiger partial charge in [-0.05, 0) is 25.0 Å². The van der Waals surface area contributed by atoms with Crippen molar-refractivity contribution in [2.75, 3.05) is 0 Å². The van der Waals surface area contributed by atoms with Crippen molar-refractivity contribution < 1.29 is 13.2 Å². The molecular weight excluding hydrogens is 328 g/mol. The number of aromatic nitrogens is 3. The molecule has 8 heteroatoms. The largest absolute Gasteiger partial charge is 0.490 e. The third kappa shape index (κ3) is 2.69. The molecule has 0 aliphatic carbocycles. The first-order valence-electron chi connectivity index (χ1n) is 8.13. The first-order valence-corrected chi connectivity index (χ1v) is 9.57. The maximum absolute atomic E-state index is 12.9. The van der Waals surface area contributed by atoms with E-state index in [0.717, 1.165) is 31.4 Å². The van der Waals surface area contributed by atoms with Crippen LogP contribution in [0.1, 0.15) is 25.7 Å². The van der Waals surface area contributed by atoms with Crippen LogP contribution in [0, 0.1) is 0 Å². The number of pyridine rings is 1. The normalized spacial score (nSPS) is 27.3. The molecule has 0 saturated carbocycles. The topological polar surface area (TPSA) is 77.3 Å². The molecule has 2 aromatic rings. The van der Waals surface area contributed by atoms with Gasteiger partial charge in [-0.1, -0.05) is 0 Å². The van der Waals surface area contributed by atoms with Crippen LogP contribution in [-0.2, 0) is 17.1 Å². The Morgan fingerprint density at radius 1 is 1.17 bits per heavy atom. The van der Waals surface area contributed by atoms with E-state index in [9.17, 15) is 8.42 Å². The lowest BCUT2D eigenvalue weighted by Gasteiger charge is -2.37. The van der Waals surface area contributed by atoms with Gasteiger partial charge in [0.1, 0.15) is 16.7 Å². The molecule has 0 radical (unpaired) electrons. The fourth-order valence-electron chi connectivity index (χ4n) is 3.84. The van der Waals surface area contributed by atoms with E-state index in [1.807, 2.05) is 12.1 Å². The molecular formula is C16H20N4O3S. The number of nitrogens with zero attached hydrogens (tertiary/aromatic N) is 4. The lowest BCUT2D eigenvalue weighted by atomic mass is 10.0. The van der Waals surface area contributed by atoms with Gasteiger partial charge in [0.25, 0.3) is 0 Å². The second kappa shape index (κ2) is 5.86. The number of piperidine rings is 1. The quantitative estimate of drug-likeness (QED) is 0.838. The summed E-state index contributed by atoms with van der Waals surface area (Å²) in [5, 5.41) is 4.00. The molecule has 7 nitrogen and oxygen atoms in total.